The first-order valence-electron chi connectivity index (χ1n) is 10.7. The molecule has 1 aliphatic rings. The van der Waals surface area contributed by atoms with Crippen molar-refractivity contribution in [3.63, 3.8) is 0 Å². The van der Waals surface area contributed by atoms with E-state index in [9.17, 15) is 14.0 Å². The lowest BCUT2D eigenvalue weighted by atomic mass is 9.90. The molecule has 3 aromatic carbocycles. The summed E-state index contributed by atoms with van der Waals surface area (Å²) < 4.78 is 19.6. The quantitative estimate of drug-likeness (QED) is 0.430. The number of hydrogen-bond acceptors (Lipinski definition) is 3. The molecule has 7 heteroatoms. The average molecular weight is 511 g/mol. The van der Waals surface area contributed by atoms with Crippen LogP contribution in [0, 0.1) is 5.82 Å². The molecule has 33 heavy (non-hydrogen) atoms. The molecular formula is C26H24BrFN2O3. The molecule has 1 heterocycles. The third kappa shape index (κ3) is 4.93. The van der Waals surface area contributed by atoms with Crippen LogP contribution < -0.4 is 14.5 Å². The Morgan fingerprint density at radius 2 is 1.79 bits per heavy atom. The molecule has 0 unspecified atom stereocenters. The number of rotatable bonds is 5. The molecule has 0 fully saturated rings. The number of nitrogens with zero attached hydrogens (tertiary/aromatic N) is 2. The van der Waals surface area contributed by atoms with Gasteiger partial charge in [-0.2, -0.15) is 0 Å². The average Bonchev–Trinajstić information content (AvgIpc) is 2.79. The van der Waals surface area contributed by atoms with Crippen molar-refractivity contribution in [2.45, 2.75) is 32.4 Å². The standard InChI is InChI=1S/C26H24BrFN2O3/c1-17-14-25(30(18(2)31)21-6-4-3-5-7-21)23-15-19(27)8-13-24(23)29(17)26(32)16-33-22-11-9-20(28)10-12-22/h3-13,15,17,25H,14,16H2,1-2H3/t17-,25+/m0/s1. The smallest absolute Gasteiger partial charge is 0.265 e. The Hall–Kier alpha value is -3.19. The van der Waals surface area contributed by atoms with Gasteiger partial charge in [-0.15, -0.1) is 0 Å². The molecule has 2 amide bonds. The van der Waals surface area contributed by atoms with Gasteiger partial charge in [0, 0.05) is 28.8 Å². The SMILES string of the molecule is CC(=O)N(c1ccccc1)[C@@H]1C[C@H](C)N(C(=O)COc2ccc(F)cc2)c2ccc(Br)cc21. The maximum absolute atomic E-state index is 13.2. The summed E-state index contributed by atoms with van der Waals surface area (Å²) in [7, 11) is 0. The molecule has 0 spiro atoms. The zero-order valence-corrected chi connectivity index (χ0v) is 20.0. The van der Waals surface area contributed by atoms with Crippen molar-refractivity contribution in [3.05, 3.63) is 88.6 Å². The number of para-hydroxylation sites is 1. The largest absolute Gasteiger partial charge is 0.484 e. The molecule has 3 aromatic rings. The molecule has 0 saturated heterocycles. The normalized spacial score (nSPS) is 17.3. The van der Waals surface area contributed by atoms with Gasteiger partial charge in [0.15, 0.2) is 6.61 Å². The van der Waals surface area contributed by atoms with Crippen LogP contribution in [0.5, 0.6) is 5.75 Å². The number of carbonyl (C=O) groups is 2. The van der Waals surface area contributed by atoms with Gasteiger partial charge in [-0.1, -0.05) is 34.1 Å². The zero-order chi connectivity index (χ0) is 23.5. The molecule has 0 aromatic heterocycles. The van der Waals surface area contributed by atoms with Gasteiger partial charge < -0.3 is 14.5 Å². The van der Waals surface area contributed by atoms with E-state index in [-0.39, 0.29) is 36.3 Å². The first-order chi connectivity index (χ1) is 15.8. The van der Waals surface area contributed by atoms with Crippen molar-refractivity contribution in [1.29, 1.82) is 0 Å². The van der Waals surface area contributed by atoms with E-state index in [0.29, 0.717) is 12.2 Å². The molecular weight excluding hydrogens is 487 g/mol. The topological polar surface area (TPSA) is 49.9 Å². The van der Waals surface area contributed by atoms with Gasteiger partial charge in [0.05, 0.1) is 6.04 Å². The third-order valence-corrected chi connectivity index (χ3v) is 6.24. The Morgan fingerprint density at radius 1 is 1.09 bits per heavy atom. The lowest BCUT2D eigenvalue weighted by Gasteiger charge is -2.43. The second kappa shape index (κ2) is 9.75. The fourth-order valence-corrected chi connectivity index (χ4v) is 4.72. The Morgan fingerprint density at radius 3 is 2.45 bits per heavy atom. The number of halogens is 2. The van der Waals surface area contributed by atoms with E-state index in [1.165, 1.54) is 24.3 Å². The molecule has 0 radical (unpaired) electrons. The van der Waals surface area contributed by atoms with Gasteiger partial charge in [0.1, 0.15) is 11.6 Å². The van der Waals surface area contributed by atoms with Crippen molar-refractivity contribution < 1.29 is 18.7 Å². The second-order valence-corrected chi connectivity index (χ2v) is 8.95. The minimum absolute atomic E-state index is 0.0660. The van der Waals surface area contributed by atoms with Crippen LogP contribution in [-0.2, 0) is 9.59 Å². The van der Waals surface area contributed by atoms with Gasteiger partial charge in [-0.25, -0.2) is 4.39 Å². The minimum Gasteiger partial charge on any atom is -0.484 e. The fourth-order valence-electron chi connectivity index (χ4n) is 4.34. The lowest BCUT2D eigenvalue weighted by molar-refractivity contribution is -0.121. The van der Waals surface area contributed by atoms with Crippen molar-refractivity contribution in [2.75, 3.05) is 16.4 Å². The molecule has 170 valence electrons. The highest BCUT2D eigenvalue weighted by molar-refractivity contribution is 9.10. The van der Waals surface area contributed by atoms with Crippen molar-refractivity contribution in [1.82, 2.24) is 0 Å². The third-order valence-electron chi connectivity index (χ3n) is 5.74. The van der Waals surface area contributed by atoms with Crippen LogP contribution in [0.25, 0.3) is 0 Å². The van der Waals surface area contributed by atoms with Crippen molar-refractivity contribution in [3.8, 4) is 5.75 Å². The van der Waals surface area contributed by atoms with Gasteiger partial charge >= 0.3 is 0 Å². The van der Waals surface area contributed by atoms with E-state index in [1.54, 1.807) is 16.7 Å². The van der Waals surface area contributed by atoms with E-state index >= 15 is 0 Å². The van der Waals surface area contributed by atoms with E-state index in [4.69, 9.17) is 4.74 Å². The van der Waals surface area contributed by atoms with Crippen LogP contribution in [0.1, 0.15) is 31.9 Å². The summed E-state index contributed by atoms with van der Waals surface area (Å²) in [6, 6.07) is 20.5. The molecule has 0 N–H and O–H groups in total. The molecule has 1 aliphatic heterocycles. The summed E-state index contributed by atoms with van der Waals surface area (Å²) in [6.45, 7) is 3.35. The maximum Gasteiger partial charge on any atom is 0.265 e. The monoisotopic (exact) mass is 510 g/mol. The van der Waals surface area contributed by atoms with Crippen molar-refractivity contribution >= 4 is 39.1 Å². The summed E-state index contributed by atoms with van der Waals surface area (Å²) >= 11 is 3.54. The Kier molecular flexibility index (Phi) is 6.79. The number of ether oxygens (including phenoxy) is 1. The van der Waals surface area contributed by atoms with Gasteiger partial charge in [0.2, 0.25) is 5.91 Å². The number of hydrogen-bond donors (Lipinski definition) is 0. The number of benzene rings is 3. The van der Waals surface area contributed by atoms with Crippen molar-refractivity contribution in [2.24, 2.45) is 0 Å². The van der Waals surface area contributed by atoms with Crippen LogP contribution in [-0.4, -0.2) is 24.5 Å². The minimum atomic E-state index is -0.364. The van der Waals surface area contributed by atoms with Gasteiger partial charge in [0.25, 0.3) is 5.91 Å². The zero-order valence-electron chi connectivity index (χ0n) is 18.4. The molecule has 0 bridgehead atoms. The fraction of sp³-hybridized carbons (Fsp3) is 0.231. The number of carbonyl (C=O) groups excluding carboxylic acids is 2. The Bertz CT molecular complexity index is 1150. The second-order valence-electron chi connectivity index (χ2n) is 8.03. The van der Waals surface area contributed by atoms with Gasteiger partial charge in [-0.3, -0.25) is 9.59 Å². The summed E-state index contributed by atoms with van der Waals surface area (Å²) in [5.41, 5.74) is 2.45. The molecule has 4 rings (SSSR count). The van der Waals surface area contributed by atoms with Crippen LogP contribution >= 0.6 is 15.9 Å². The molecule has 0 saturated carbocycles. The van der Waals surface area contributed by atoms with Crippen LogP contribution in [0.2, 0.25) is 0 Å². The van der Waals surface area contributed by atoms with Crippen LogP contribution in [0.3, 0.4) is 0 Å². The lowest BCUT2D eigenvalue weighted by Crippen LogP contribution is -2.48. The highest BCUT2D eigenvalue weighted by Gasteiger charge is 2.38. The highest BCUT2D eigenvalue weighted by Crippen LogP contribution is 2.43. The van der Waals surface area contributed by atoms with E-state index in [2.05, 4.69) is 15.9 Å². The Balaban J connectivity index is 1.66. The highest BCUT2D eigenvalue weighted by atomic mass is 79.9. The van der Waals surface area contributed by atoms with Crippen LogP contribution in [0.15, 0.2) is 77.3 Å². The Labute approximate surface area is 200 Å². The molecule has 2 atom stereocenters. The number of fused-ring (bicyclic) bond motifs is 1. The first kappa shape index (κ1) is 23.0. The number of anilines is 2. The summed E-state index contributed by atoms with van der Waals surface area (Å²) in [6.07, 6.45) is 0.570. The summed E-state index contributed by atoms with van der Waals surface area (Å²) in [4.78, 5) is 29.5. The first-order valence-corrected chi connectivity index (χ1v) is 11.5. The van der Waals surface area contributed by atoms with E-state index < -0.39 is 0 Å². The number of amides is 2. The maximum atomic E-state index is 13.2. The summed E-state index contributed by atoms with van der Waals surface area (Å²) in [5, 5.41) is 0. The predicted molar refractivity (Wildman–Crippen MR) is 130 cm³/mol. The molecule has 0 aliphatic carbocycles. The van der Waals surface area contributed by atoms with Crippen LogP contribution in [0.4, 0.5) is 15.8 Å². The molecule has 5 nitrogen and oxygen atoms in total. The predicted octanol–water partition coefficient (Wildman–Crippen LogP) is 5.89. The van der Waals surface area contributed by atoms with E-state index in [0.717, 1.165) is 21.4 Å². The van der Waals surface area contributed by atoms with Gasteiger partial charge in [-0.05, 0) is 73.5 Å². The summed E-state index contributed by atoms with van der Waals surface area (Å²) in [5.74, 6) is -0.209. The van der Waals surface area contributed by atoms with E-state index in [1.807, 2.05) is 55.5 Å².